The number of hydrogen-bond acceptors (Lipinski definition) is 4. The van der Waals surface area contributed by atoms with E-state index in [0.717, 1.165) is 12.8 Å². The van der Waals surface area contributed by atoms with Gasteiger partial charge in [0.15, 0.2) is 0 Å². The maximum absolute atomic E-state index is 11.9. The lowest BCUT2D eigenvalue weighted by atomic mass is 9.82. The molecule has 2 unspecified atom stereocenters. The fourth-order valence-corrected chi connectivity index (χ4v) is 2.53. The molecule has 1 aliphatic heterocycles. The summed E-state index contributed by atoms with van der Waals surface area (Å²) >= 11 is 0. The average Bonchev–Trinajstić information content (AvgIpc) is 2.75. The Hall–Kier alpha value is -1.34. The van der Waals surface area contributed by atoms with Crippen molar-refractivity contribution < 1.29 is 24.5 Å². The first-order valence-electron chi connectivity index (χ1n) is 6.47. The van der Waals surface area contributed by atoms with E-state index < -0.39 is 17.9 Å². The minimum Gasteiger partial charge on any atom is -0.481 e. The fourth-order valence-electron chi connectivity index (χ4n) is 2.53. The Morgan fingerprint density at radius 3 is 2.63 bits per heavy atom. The largest absolute Gasteiger partial charge is 0.481 e. The molecular weight excluding hydrogens is 252 g/mol. The van der Waals surface area contributed by atoms with E-state index in [2.05, 4.69) is 5.32 Å². The number of nitrogens with one attached hydrogen (secondary N) is 1. The fraction of sp³-hybridized carbons (Fsp3) is 0.833. The van der Waals surface area contributed by atoms with Gasteiger partial charge in [0, 0.05) is 13.6 Å². The molecule has 0 bridgehead atoms. The van der Waals surface area contributed by atoms with Gasteiger partial charge in [0.1, 0.15) is 5.92 Å². The van der Waals surface area contributed by atoms with E-state index in [1.54, 1.807) is 7.05 Å². The molecular formula is C12H20N2O5. The molecule has 1 saturated carbocycles. The summed E-state index contributed by atoms with van der Waals surface area (Å²) in [6, 6.07) is -0.762. The summed E-state index contributed by atoms with van der Waals surface area (Å²) in [4.78, 5) is 24.4. The standard InChI is InChI=1S/C12H20N2O5/c1-14(4-7-2-8(15)3-7)12(18)13-10-6-19-5-9(10)11(16)17/h7-10,15H,2-6H2,1H3,(H,13,18)(H,16,17). The lowest BCUT2D eigenvalue weighted by Gasteiger charge is -2.34. The van der Waals surface area contributed by atoms with Gasteiger partial charge in [-0.05, 0) is 18.8 Å². The first-order valence-corrected chi connectivity index (χ1v) is 6.47. The number of nitrogens with zero attached hydrogens (tertiary/aromatic N) is 1. The van der Waals surface area contributed by atoms with Crippen molar-refractivity contribution in [3.05, 3.63) is 0 Å². The number of ether oxygens (including phenoxy) is 1. The minimum absolute atomic E-state index is 0.138. The van der Waals surface area contributed by atoms with Gasteiger partial charge < -0.3 is 25.2 Å². The number of carboxylic acid groups (broad SMARTS) is 1. The number of carbonyl (C=O) groups is 2. The molecule has 2 aliphatic rings. The Bertz CT molecular complexity index is 356. The molecule has 0 aromatic heterocycles. The molecule has 2 fully saturated rings. The number of urea groups is 1. The summed E-state index contributed by atoms with van der Waals surface area (Å²) in [6.07, 6.45) is 1.21. The smallest absolute Gasteiger partial charge is 0.317 e. The average molecular weight is 272 g/mol. The minimum atomic E-state index is -0.951. The lowest BCUT2D eigenvalue weighted by molar-refractivity contribution is -0.142. The molecule has 3 N–H and O–H groups in total. The molecule has 0 aromatic carbocycles. The monoisotopic (exact) mass is 272 g/mol. The van der Waals surface area contributed by atoms with Crippen LogP contribution >= 0.6 is 0 Å². The van der Waals surface area contributed by atoms with Gasteiger partial charge in [-0.15, -0.1) is 0 Å². The molecule has 0 radical (unpaired) electrons. The Kier molecular flexibility index (Phi) is 4.26. The molecule has 7 nitrogen and oxygen atoms in total. The van der Waals surface area contributed by atoms with Crippen molar-refractivity contribution in [3.8, 4) is 0 Å². The first-order chi connectivity index (χ1) is 8.97. The predicted octanol–water partition coefficient (Wildman–Crippen LogP) is -0.502. The number of aliphatic carboxylic acids is 1. The van der Waals surface area contributed by atoms with Crippen molar-refractivity contribution in [2.24, 2.45) is 11.8 Å². The third-order valence-electron chi connectivity index (χ3n) is 3.80. The maximum atomic E-state index is 11.9. The van der Waals surface area contributed by atoms with E-state index in [1.165, 1.54) is 4.90 Å². The van der Waals surface area contributed by atoms with Gasteiger partial charge in [0.05, 0.1) is 25.4 Å². The molecule has 19 heavy (non-hydrogen) atoms. The van der Waals surface area contributed by atoms with Crippen LogP contribution in [0.1, 0.15) is 12.8 Å². The van der Waals surface area contributed by atoms with E-state index in [0.29, 0.717) is 12.5 Å². The second-order valence-electron chi connectivity index (χ2n) is 5.41. The SMILES string of the molecule is CN(CC1CC(O)C1)C(=O)NC1COCC1C(=O)O. The Morgan fingerprint density at radius 2 is 2.05 bits per heavy atom. The third kappa shape index (κ3) is 3.36. The van der Waals surface area contributed by atoms with Crippen LogP contribution in [0.4, 0.5) is 4.79 Å². The summed E-state index contributed by atoms with van der Waals surface area (Å²) in [6.45, 7) is 0.950. The highest BCUT2D eigenvalue weighted by molar-refractivity contribution is 5.77. The number of aliphatic hydroxyl groups is 1. The Morgan fingerprint density at radius 1 is 1.37 bits per heavy atom. The Labute approximate surface area is 111 Å². The molecule has 1 heterocycles. The summed E-state index contributed by atoms with van der Waals surface area (Å²) in [5.74, 6) is -1.30. The summed E-state index contributed by atoms with van der Waals surface area (Å²) < 4.78 is 5.09. The van der Waals surface area contributed by atoms with Gasteiger partial charge in [-0.1, -0.05) is 0 Å². The van der Waals surface area contributed by atoms with E-state index in [9.17, 15) is 14.7 Å². The number of carbonyl (C=O) groups excluding carboxylic acids is 1. The van der Waals surface area contributed by atoms with Gasteiger partial charge >= 0.3 is 12.0 Å². The Balaban J connectivity index is 1.78. The number of hydrogen-bond donors (Lipinski definition) is 3. The van der Waals surface area contributed by atoms with Crippen LogP contribution in [-0.2, 0) is 9.53 Å². The molecule has 1 saturated heterocycles. The zero-order chi connectivity index (χ0) is 14.0. The zero-order valence-corrected chi connectivity index (χ0v) is 10.9. The molecule has 0 spiro atoms. The zero-order valence-electron chi connectivity index (χ0n) is 10.9. The van der Waals surface area contributed by atoms with Crippen molar-refractivity contribution >= 4 is 12.0 Å². The van der Waals surface area contributed by atoms with E-state index in [-0.39, 0.29) is 25.3 Å². The van der Waals surface area contributed by atoms with Crippen molar-refractivity contribution in [1.82, 2.24) is 10.2 Å². The van der Waals surface area contributed by atoms with E-state index in [1.807, 2.05) is 0 Å². The van der Waals surface area contributed by atoms with Crippen LogP contribution < -0.4 is 5.32 Å². The molecule has 7 heteroatoms. The molecule has 1 aliphatic carbocycles. The summed E-state index contributed by atoms with van der Waals surface area (Å²) in [5, 5.41) is 20.9. The highest BCUT2D eigenvalue weighted by Gasteiger charge is 2.36. The van der Waals surface area contributed by atoms with Gasteiger partial charge in [0.25, 0.3) is 0 Å². The quantitative estimate of drug-likeness (QED) is 0.640. The first kappa shape index (κ1) is 14.1. The normalized spacial score (nSPS) is 33.6. The van der Waals surface area contributed by atoms with Crippen LogP contribution in [0.15, 0.2) is 0 Å². The molecule has 2 atom stereocenters. The van der Waals surface area contributed by atoms with Crippen LogP contribution in [0.5, 0.6) is 0 Å². The number of aliphatic hydroxyl groups excluding tert-OH is 1. The van der Waals surface area contributed by atoms with Crippen LogP contribution in [0.3, 0.4) is 0 Å². The van der Waals surface area contributed by atoms with Gasteiger partial charge in [-0.25, -0.2) is 4.79 Å². The van der Waals surface area contributed by atoms with Crippen molar-refractivity contribution in [2.45, 2.75) is 25.0 Å². The molecule has 2 amide bonds. The highest BCUT2D eigenvalue weighted by atomic mass is 16.5. The second kappa shape index (κ2) is 5.75. The third-order valence-corrected chi connectivity index (χ3v) is 3.80. The maximum Gasteiger partial charge on any atom is 0.317 e. The topological polar surface area (TPSA) is 99.1 Å². The van der Waals surface area contributed by atoms with Gasteiger partial charge in [0.2, 0.25) is 0 Å². The summed E-state index contributed by atoms with van der Waals surface area (Å²) in [7, 11) is 1.67. The van der Waals surface area contributed by atoms with E-state index in [4.69, 9.17) is 9.84 Å². The molecule has 108 valence electrons. The van der Waals surface area contributed by atoms with Gasteiger partial charge in [-0.2, -0.15) is 0 Å². The number of carboxylic acids is 1. The molecule has 0 aromatic rings. The predicted molar refractivity (Wildman–Crippen MR) is 65.6 cm³/mol. The van der Waals surface area contributed by atoms with Crippen molar-refractivity contribution in [1.29, 1.82) is 0 Å². The summed E-state index contributed by atoms with van der Waals surface area (Å²) in [5.41, 5.74) is 0. The van der Waals surface area contributed by atoms with Crippen molar-refractivity contribution in [3.63, 3.8) is 0 Å². The van der Waals surface area contributed by atoms with Crippen LogP contribution in [0.25, 0.3) is 0 Å². The van der Waals surface area contributed by atoms with E-state index >= 15 is 0 Å². The number of rotatable bonds is 4. The van der Waals surface area contributed by atoms with Crippen LogP contribution in [-0.4, -0.2) is 66.1 Å². The second-order valence-corrected chi connectivity index (χ2v) is 5.41. The van der Waals surface area contributed by atoms with Crippen molar-refractivity contribution in [2.75, 3.05) is 26.8 Å². The van der Waals surface area contributed by atoms with Crippen LogP contribution in [0.2, 0.25) is 0 Å². The molecule has 2 rings (SSSR count). The van der Waals surface area contributed by atoms with Crippen LogP contribution in [0, 0.1) is 11.8 Å². The van der Waals surface area contributed by atoms with Gasteiger partial charge in [-0.3, -0.25) is 4.79 Å². The number of amides is 2. The highest BCUT2D eigenvalue weighted by Crippen LogP contribution is 2.27. The lowest BCUT2D eigenvalue weighted by Crippen LogP contribution is -2.49.